The molecule has 0 aromatic rings. The van der Waals surface area contributed by atoms with Crippen molar-refractivity contribution < 1.29 is 28.6 Å². The van der Waals surface area contributed by atoms with E-state index in [0.29, 0.717) is 19.3 Å². The lowest BCUT2D eigenvalue weighted by Gasteiger charge is -2.18. The van der Waals surface area contributed by atoms with Crippen LogP contribution in [0.3, 0.4) is 0 Å². The topological polar surface area (TPSA) is 78.9 Å². The summed E-state index contributed by atoms with van der Waals surface area (Å²) >= 11 is 0. The Morgan fingerprint density at radius 2 is 0.476 bits per heavy atom. The third-order valence-corrected chi connectivity index (χ3v) is 14.7. The van der Waals surface area contributed by atoms with Crippen molar-refractivity contribution in [2.45, 2.75) is 329 Å². The zero-order chi connectivity index (χ0) is 59.2. The standard InChI is InChI=1S/C76H128O6/c1-4-7-10-13-16-19-22-25-28-31-33-35-37-38-40-41-43-45-48-51-54-57-60-63-66-69-75(78)81-72-73(71-80-74(77)68-65-62-59-56-53-50-47-30-27-24-21-18-15-12-9-6-3)82-76(79)70-67-64-61-58-55-52-49-46-44-42-39-36-34-32-29-26-23-20-17-14-11-8-5-2/h7,10,16,19,21,24-25,28,30,32-35,38,40,43,45,47,51,54,73H,4-6,8-9,11-15,17-18,20,22-23,26-27,29,31,36-37,39,41-42,44,46,48-50,52-53,55-72H2,1-3H3/b10-7-,19-16-,24-21-,28-25-,34-32-,35-33-,40-38-,45-43-,47-30-,54-51-. The Morgan fingerprint density at radius 3 is 0.780 bits per heavy atom. The molecule has 1 unspecified atom stereocenters. The minimum absolute atomic E-state index is 0.0976. The first-order chi connectivity index (χ1) is 40.5. The fraction of sp³-hybridized carbons (Fsp3) is 0.697. The Morgan fingerprint density at radius 1 is 0.256 bits per heavy atom. The quantitative estimate of drug-likeness (QED) is 0.0261. The van der Waals surface area contributed by atoms with Gasteiger partial charge < -0.3 is 14.2 Å². The molecular formula is C76H128O6. The molecule has 6 heteroatoms. The number of ether oxygens (including phenoxy) is 3. The van der Waals surface area contributed by atoms with E-state index in [-0.39, 0.29) is 31.1 Å². The van der Waals surface area contributed by atoms with Crippen molar-refractivity contribution in [3.63, 3.8) is 0 Å². The van der Waals surface area contributed by atoms with Crippen molar-refractivity contribution in [3.05, 3.63) is 122 Å². The summed E-state index contributed by atoms with van der Waals surface area (Å²) < 4.78 is 16.9. The largest absolute Gasteiger partial charge is 0.462 e. The molecule has 0 radical (unpaired) electrons. The highest BCUT2D eigenvalue weighted by Crippen LogP contribution is 2.16. The Hall–Kier alpha value is -4.19. The smallest absolute Gasteiger partial charge is 0.306 e. The van der Waals surface area contributed by atoms with Crippen molar-refractivity contribution in [3.8, 4) is 0 Å². The number of allylic oxidation sites excluding steroid dienone is 20. The normalized spacial score (nSPS) is 12.9. The summed E-state index contributed by atoms with van der Waals surface area (Å²) in [5.41, 5.74) is 0. The third kappa shape index (κ3) is 66.6. The van der Waals surface area contributed by atoms with E-state index >= 15 is 0 Å². The molecule has 0 saturated heterocycles. The first kappa shape index (κ1) is 77.8. The average Bonchev–Trinajstić information content (AvgIpc) is 3.47. The maximum atomic E-state index is 13.0. The number of unbranched alkanes of at least 4 members (excludes halogenated alkanes) is 31. The van der Waals surface area contributed by atoms with E-state index in [1.807, 2.05) is 0 Å². The molecule has 0 bridgehead atoms. The molecular weight excluding hydrogens is 1010 g/mol. The summed E-state index contributed by atoms with van der Waals surface area (Å²) in [7, 11) is 0. The molecule has 0 rings (SSSR count). The van der Waals surface area contributed by atoms with Crippen molar-refractivity contribution in [2.24, 2.45) is 0 Å². The van der Waals surface area contributed by atoms with Crippen LogP contribution in [0.15, 0.2) is 122 Å². The number of carbonyl (C=O) groups is 3. The van der Waals surface area contributed by atoms with E-state index in [1.165, 1.54) is 148 Å². The van der Waals surface area contributed by atoms with Crippen LogP contribution in [0.25, 0.3) is 0 Å². The first-order valence-electron chi connectivity index (χ1n) is 34.5. The maximum Gasteiger partial charge on any atom is 0.306 e. The van der Waals surface area contributed by atoms with Crippen LogP contribution in [0.1, 0.15) is 323 Å². The summed E-state index contributed by atoms with van der Waals surface area (Å²) in [5, 5.41) is 0. The molecule has 0 aliphatic carbocycles. The predicted molar refractivity (Wildman–Crippen MR) is 357 cm³/mol. The Labute approximate surface area is 507 Å². The fourth-order valence-electron chi connectivity index (χ4n) is 9.51. The van der Waals surface area contributed by atoms with E-state index in [0.717, 1.165) is 135 Å². The molecule has 1 atom stereocenters. The molecule has 0 saturated carbocycles. The van der Waals surface area contributed by atoms with Gasteiger partial charge in [0, 0.05) is 19.3 Å². The Kier molecular flexibility index (Phi) is 65.8. The maximum absolute atomic E-state index is 13.0. The van der Waals surface area contributed by atoms with E-state index < -0.39 is 6.10 Å². The summed E-state index contributed by atoms with van der Waals surface area (Å²) in [4.78, 5) is 38.4. The Balaban J connectivity index is 4.45. The van der Waals surface area contributed by atoms with Gasteiger partial charge in [0.05, 0.1) is 0 Å². The van der Waals surface area contributed by atoms with E-state index in [4.69, 9.17) is 14.2 Å². The number of esters is 3. The third-order valence-electron chi connectivity index (χ3n) is 14.7. The molecule has 0 aliphatic rings. The van der Waals surface area contributed by atoms with Crippen molar-refractivity contribution >= 4 is 17.9 Å². The van der Waals surface area contributed by atoms with Gasteiger partial charge in [0.2, 0.25) is 0 Å². The molecule has 0 spiro atoms. The van der Waals surface area contributed by atoms with Crippen molar-refractivity contribution in [1.82, 2.24) is 0 Å². The minimum Gasteiger partial charge on any atom is -0.462 e. The fourth-order valence-corrected chi connectivity index (χ4v) is 9.51. The summed E-state index contributed by atoms with van der Waals surface area (Å²) in [6.45, 7) is 6.50. The Bertz CT molecular complexity index is 1690. The molecule has 0 fully saturated rings. The zero-order valence-corrected chi connectivity index (χ0v) is 53.7. The van der Waals surface area contributed by atoms with Gasteiger partial charge in [-0.25, -0.2) is 0 Å². The lowest BCUT2D eigenvalue weighted by atomic mass is 10.0. The van der Waals surface area contributed by atoms with Crippen LogP contribution in [0.2, 0.25) is 0 Å². The monoisotopic (exact) mass is 1140 g/mol. The highest BCUT2D eigenvalue weighted by atomic mass is 16.6. The van der Waals surface area contributed by atoms with E-state index in [9.17, 15) is 14.4 Å². The van der Waals surface area contributed by atoms with Crippen LogP contribution in [-0.2, 0) is 28.6 Å². The number of hydrogen-bond donors (Lipinski definition) is 0. The minimum atomic E-state index is -0.804. The number of carbonyl (C=O) groups excluding carboxylic acids is 3. The molecule has 0 aliphatic heterocycles. The van der Waals surface area contributed by atoms with Crippen molar-refractivity contribution in [2.75, 3.05) is 13.2 Å². The zero-order valence-electron chi connectivity index (χ0n) is 53.7. The average molecular weight is 1140 g/mol. The van der Waals surface area contributed by atoms with Gasteiger partial charge in [-0.15, -0.1) is 0 Å². The molecule has 0 N–H and O–H groups in total. The van der Waals surface area contributed by atoms with Gasteiger partial charge in [0.15, 0.2) is 6.10 Å². The van der Waals surface area contributed by atoms with Gasteiger partial charge in [0.1, 0.15) is 13.2 Å². The highest BCUT2D eigenvalue weighted by Gasteiger charge is 2.19. The van der Waals surface area contributed by atoms with Crippen LogP contribution in [0, 0.1) is 0 Å². The molecule has 0 aromatic carbocycles. The second kappa shape index (κ2) is 69.3. The number of hydrogen-bond acceptors (Lipinski definition) is 6. The second-order valence-corrected chi connectivity index (χ2v) is 22.7. The van der Waals surface area contributed by atoms with Crippen LogP contribution in [-0.4, -0.2) is 37.2 Å². The van der Waals surface area contributed by atoms with Gasteiger partial charge >= 0.3 is 17.9 Å². The summed E-state index contributed by atoms with van der Waals surface area (Å²) in [6, 6.07) is 0. The molecule has 82 heavy (non-hydrogen) atoms. The van der Waals surface area contributed by atoms with E-state index in [1.54, 1.807) is 0 Å². The van der Waals surface area contributed by atoms with Gasteiger partial charge in [-0.2, -0.15) is 0 Å². The second-order valence-electron chi connectivity index (χ2n) is 22.7. The number of rotatable bonds is 62. The van der Waals surface area contributed by atoms with Crippen LogP contribution >= 0.6 is 0 Å². The molecule has 6 nitrogen and oxygen atoms in total. The van der Waals surface area contributed by atoms with Gasteiger partial charge in [-0.3, -0.25) is 14.4 Å². The van der Waals surface area contributed by atoms with Crippen molar-refractivity contribution in [1.29, 1.82) is 0 Å². The first-order valence-corrected chi connectivity index (χ1v) is 34.5. The molecule has 0 aromatic heterocycles. The van der Waals surface area contributed by atoms with Crippen LogP contribution in [0.5, 0.6) is 0 Å². The highest BCUT2D eigenvalue weighted by molar-refractivity contribution is 5.71. The van der Waals surface area contributed by atoms with Gasteiger partial charge in [-0.1, -0.05) is 290 Å². The molecule has 0 amide bonds. The SMILES string of the molecule is CC/C=C\C/C=C\C/C=C\C/C=C\C/C=C\C/C=C\C/C=C\CCCCCC(=O)OCC(COC(=O)CCCCCCC/C=C\C/C=C\CCCCCC)OC(=O)CCCCCCCCCCCCC/C=C\CCCCCCCCCC. The van der Waals surface area contributed by atoms with Crippen LogP contribution < -0.4 is 0 Å². The van der Waals surface area contributed by atoms with E-state index in [2.05, 4.69) is 142 Å². The predicted octanol–water partition coefficient (Wildman–Crippen LogP) is 23.9. The molecule has 0 heterocycles. The van der Waals surface area contributed by atoms with Gasteiger partial charge in [0.25, 0.3) is 0 Å². The summed E-state index contributed by atoms with van der Waals surface area (Å²) in [5.74, 6) is -0.935. The summed E-state index contributed by atoms with van der Waals surface area (Å²) in [6.07, 6.45) is 96.4. The molecule has 468 valence electrons. The lowest BCUT2D eigenvalue weighted by Crippen LogP contribution is -2.30. The van der Waals surface area contributed by atoms with Crippen LogP contribution in [0.4, 0.5) is 0 Å². The lowest BCUT2D eigenvalue weighted by molar-refractivity contribution is -0.167. The van der Waals surface area contributed by atoms with Gasteiger partial charge in [-0.05, 0) is 135 Å².